The van der Waals surface area contributed by atoms with Gasteiger partial charge in [-0.1, -0.05) is 41.6 Å². The second-order valence-electron chi connectivity index (χ2n) is 5.54. The minimum absolute atomic E-state index is 0.255. The van der Waals surface area contributed by atoms with Crippen molar-refractivity contribution in [2.75, 3.05) is 18.4 Å². The summed E-state index contributed by atoms with van der Waals surface area (Å²) in [4.78, 5) is 0. The van der Waals surface area contributed by atoms with Crippen LogP contribution in [0.4, 0.5) is 0 Å². The zero-order chi connectivity index (χ0) is 13.1. The molecule has 0 aromatic carbocycles. The number of nitrogens with zero attached hydrogens (tertiary/aromatic N) is 1. The lowest BCUT2D eigenvalue weighted by Gasteiger charge is -2.38. The van der Waals surface area contributed by atoms with Gasteiger partial charge in [-0.3, -0.25) is 0 Å². The maximum Gasteiger partial charge on any atom is 0.279 e. The Morgan fingerprint density at radius 1 is 1.00 bits per heavy atom. The number of alkyl halides is 1. The molecule has 1 heterocycles. The largest absolute Gasteiger partial charge is 0.279 e. The Hall–Kier alpha value is 0.350. The lowest BCUT2D eigenvalue weighted by atomic mass is 9.84. The topological polar surface area (TPSA) is 49.4 Å². The second-order valence-corrected chi connectivity index (χ2v) is 7.77. The van der Waals surface area contributed by atoms with Crippen LogP contribution in [0.25, 0.3) is 0 Å². The third-order valence-electron chi connectivity index (χ3n) is 4.07. The van der Waals surface area contributed by atoms with Crippen LogP contribution in [0.2, 0.25) is 0 Å². The average Bonchev–Trinajstić information content (AvgIpc) is 2.40. The highest BCUT2D eigenvalue weighted by atomic mass is 79.9. The van der Waals surface area contributed by atoms with Crippen molar-refractivity contribution in [3.63, 3.8) is 0 Å². The van der Waals surface area contributed by atoms with E-state index in [1.165, 1.54) is 6.42 Å². The Bertz CT molecular complexity index is 360. The zero-order valence-corrected chi connectivity index (χ0v) is 13.2. The van der Waals surface area contributed by atoms with Gasteiger partial charge in [0.1, 0.15) is 0 Å². The van der Waals surface area contributed by atoms with Gasteiger partial charge in [-0.25, -0.2) is 0 Å². The molecule has 1 saturated carbocycles. The number of piperidine rings is 1. The third-order valence-corrected chi connectivity index (χ3v) is 6.88. The van der Waals surface area contributed by atoms with Gasteiger partial charge in [0.05, 0.1) is 0 Å². The van der Waals surface area contributed by atoms with Crippen molar-refractivity contribution >= 4 is 26.1 Å². The molecular formula is C12H23BrN2O2S. The molecule has 0 bridgehead atoms. The lowest BCUT2D eigenvalue weighted by molar-refractivity contribution is 0.281. The van der Waals surface area contributed by atoms with E-state index in [4.69, 9.17) is 0 Å². The van der Waals surface area contributed by atoms with Crippen molar-refractivity contribution in [1.29, 1.82) is 0 Å². The Morgan fingerprint density at radius 2 is 1.56 bits per heavy atom. The molecule has 1 N–H and O–H groups in total. The Kier molecular flexibility index (Phi) is 5.08. The van der Waals surface area contributed by atoms with Gasteiger partial charge in [0.2, 0.25) is 0 Å². The molecule has 0 atom stereocenters. The van der Waals surface area contributed by atoms with Gasteiger partial charge in [-0.05, 0) is 25.7 Å². The van der Waals surface area contributed by atoms with Crippen LogP contribution in [-0.4, -0.2) is 36.7 Å². The summed E-state index contributed by atoms with van der Waals surface area (Å²) in [6.45, 7) is 1.35. The average molecular weight is 339 g/mol. The quantitative estimate of drug-likeness (QED) is 0.800. The van der Waals surface area contributed by atoms with Gasteiger partial charge < -0.3 is 0 Å². The Balaban J connectivity index is 2.05. The molecule has 1 aliphatic carbocycles. The minimum atomic E-state index is -3.30. The summed E-state index contributed by atoms with van der Waals surface area (Å²) in [6.07, 6.45) is 8.49. The van der Waals surface area contributed by atoms with E-state index in [1.54, 1.807) is 4.31 Å². The normalized spacial score (nSPS) is 26.1. The van der Waals surface area contributed by atoms with E-state index < -0.39 is 10.2 Å². The fourth-order valence-electron chi connectivity index (χ4n) is 2.93. The molecule has 0 amide bonds. The van der Waals surface area contributed by atoms with E-state index in [9.17, 15) is 8.42 Å². The van der Waals surface area contributed by atoms with Crippen molar-refractivity contribution < 1.29 is 8.42 Å². The summed E-state index contributed by atoms with van der Waals surface area (Å²) in [6, 6.07) is 0. The van der Waals surface area contributed by atoms with Crippen LogP contribution >= 0.6 is 15.9 Å². The van der Waals surface area contributed by atoms with Crippen molar-refractivity contribution in [3.05, 3.63) is 0 Å². The monoisotopic (exact) mass is 338 g/mol. The molecule has 6 heteroatoms. The SMILES string of the molecule is O=S(=O)(NC1(CBr)CCCCC1)N1CCCCC1. The van der Waals surface area contributed by atoms with E-state index in [-0.39, 0.29) is 5.54 Å². The summed E-state index contributed by atoms with van der Waals surface area (Å²) in [7, 11) is -3.30. The highest BCUT2D eigenvalue weighted by Crippen LogP contribution is 2.31. The molecular weight excluding hydrogens is 316 g/mol. The molecule has 0 unspecified atom stereocenters. The summed E-state index contributed by atoms with van der Waals surface area (Å²) in [5, 5.41) is 0.715. The van der Waals surface area contributed by atoms with Crippen molar-refractivity contribution in [3.8, 4) is 0 Å². The molecule has 2 rings (SSSR count). The molecule has 18 heavy (non-hydrogen) atoms. The van der Waals surface area contributed by atoms with Gasteiger partial charge in [0.25, 0.3) is 10.2 Å². The standard InChI is InChI=1S/C12H23BrN2O2S/c13-11-12(7-3-1-4-8-12)14-18(16,17)15-9-5-2-6-10-15/h14H,1-11H2. The number of hydrogen-bond donors (Lipinski definition) is 1. The van der Waals surface area contributed by atoms with Gasteiger partial charge >= 0.3 is 0 Å². The molecule has 4 nitrogen and oxygen atoms in total. The molecule has 0 radical (unpaired) electrons. The highest BCUT2D eigenvalue weighted by molar-refractivity contribution is 9.09. The maximum absolute atomic E-state index is 12.4. The van der Waals surface area contributed by atoms with Crippen LogP contribution < -0.4 is 4.72 Å². The summed E-state index contributed by atoms with van der Waals surface area (Å²) < 4.78 is 29.4. The molecule has 106 valence electrons. The molecule has 2 aliphatic rings. The predicted octanol–water partition coefficient (Wildman–Crippen LogP) is 2.40. The van der Waals surface area contributed by atoms with Crippen LogP contribution in [0.3, 0.4) is 0 Å². The fourth-order valence-corrected chi connectivity index (χ4v) is 5.51. The molecule has 1 saturated heterocycles. The van der Waals surface area contributed by atoms with Crippen molar-refractivity contribution in [2.45, 2.75) is 56.9 Å². The number of nitrogens with one attached hydrogen (secondary N) is 1. The smallest absolute Gasteiger partial charge is 0.195 e. The van der Waals surface area contributed by atoms with E-state index in [2.05, 4.69) is 20.7 Å². The summed E-state index contributed by atoms with van der Waals surface area (Å²) in [5.41, 5.74) is -0.255. The maximum atomic E-state index is 12.4. The van der Waals surface area contributed by atoms with Crippen molar-refractivity contribution in [1.82, 2.24) is 9.03 Å². The van der Waals surface area contributed by atoms with Gasteiger partial charge in [-0.2, -0.15) is 17.4 Å². The second kappa shape index (κ2) is 6.20. The number of halogens is 1. The van der Waals surface area contributed by atoms with Gasteiger partial charge in [-0.15, -0.1) is 0 Å². The van der Waals surface area contributed by atoms with Crippen molar-refractivity contribution in [2.24, 2.45) is 0 Å². The third kappa shape index (κ3) is 3.46. The van der Waals surface area contributed by atoms with E-state index in [0.717, 1.165) is 44.9 Å². The molecule has 2 fully saturated rings. The van der Waals surface area contributed by atoms with Crippen LogP contribution in [-0.2, 0) is 10.2 Å². The van der Waals surface area contributed by atoms with E-state index in [1.807, 2.05) is 0 Å². The molecule has 0 spiro atoms. The molecule has 1 aliphatic heterocycles. The van der Waals surface area contributed by atoms with Crippen LogP contribution in [0.1, 0.15) is 51.4 Å². The first-order valence-electron chi connectivity index (χ1n) is 6.93. The van der Waals surface area contributed by atoms with Crippen LogP contribution in [0, 0.1) is 0 Å². The number of hydrogen-bond acceptors (Lipinski definition) is 2. The highest BCUT2D eigenvalue weighted by Gasteiger charge is 2.37. The fraction of sp³-hybridized carbons (Fsp3) is 1.00. The predicted molar refractivity (Wildman–Crippen MR) is 77.1 cm³/mol. The first-order chi connectivity index (χ1) is 8.58. The van der Waals surface area contributed by atoms with Crippen LogP contribution in [0.5, 0.6) is 0 Å². The summed E-state index contributed by atoms with van der Waals surface area (Å²) in [5.74, 6) is 0. The lowest BCUT2D eigenvalue weighted by Crippen LogP contribution is -2.56. The minimum Gasteiger partial charge on any atom is -0.195 e. The van der Waals surface area contributed by atoms with E-state index in [0.29, 0.717) is 18.4 Å². The molecule has 0 aromatic rings. The first-order valence-corrected chi connectivity index (χ1v) is 9.49. The number of rotatable bonds is 4. The van der Waals surface area contributed by atoms with Gasteiger partial charge in [0, 0.05) is 24.0 Å². The molecule has 0 aromatic heterocycles. The zero-order valence-electron chi connectivity index (χ0n) is 10.8. The first kappa shape index (κ1) is 14.8. The van der Waals surface area contributed by atoms with Crippen LogP contribution in [0.15, 0.2) is 0 Å². The Morgan fingerprint density at radius 3 is 2.11 bits per heavy atom. The van der Waals surface area contributed by atoms with E-state index >= 15 is 0 Å². The Labute approximate surface area is 119 Å². The van der Waals surface area contributed by atoms with Gasteiger partial charge in [0.15, 0.2) is 0 Å². The summed E-state index contributed by atoms with van der Waals surface area (Å²) >= 11 is 3.50.